The van der Waals surface area contributed by atoms with Gasteiger partial charge in [-0.25, -0.2) is 9.97 Å². The van der Waals surface area contributed by atoms with Gasteiger partial charge in [0.1, 0.15) is 0 Å². The van der Waals surface area contributed by atoms with Crippen LogP contribution < -0.4 is 4.90 Å². The van der Waals surface area contributed by atoms with Crippen molar-refractivity contribution >= 4 is 17.8 Å². The van der Waals surface area contributed by atoms with E-state index in [4.69, 9.17) is 0 Å². The van der Waals surface area contributed by atoms with E-state index in [1.165, 1.54) is 4.90 Å². The van der Waals surface area contributed by atoms with Crippen LogP contribution in [0.4, 0.5) is 5.95 Å². The normalized spacial score (nSPS) is 20.0. The first kappa shape index (κ1) is 14.9. The Hall–Kier alpha value is -2.02. The molecule has 0 atom stereocenters. The van der Waals surface area contributed by atoms with Crippen LogP contribution in [0.3, 0.4) is 0 Å². The Balaban J connectivity index is 1.39. The Bertz CT molecular complexity index is 512. The van der Waals surface area contributed by atoms with E-state index in [0.717, 1.165) is 45.1 Å². The SMILES string of the molecule is O=C1CCC(=O)N1CCCN1CCN(c2ncccn2)CC1. The summed E-state index contributed by atoms with van der Waals surface area (Å²) in [6.45, 7) is 5.21. The molecule has 2 fully saturated rings. The maximum atomic E-state index is 11.5. The summed E-state index contributed by atoms with van der Waals surface area (Å²) in [4.78, 5) is 37.6. The van der Waals surface area contributed by atoms with Gasteiger partial charge in [0.2, 0.25) is 17.8 Å². The van der Waals surface area contributed by atoms with Gasteiger partial charge in [0.05, 0.1) is 0 Å². The van der Waals surface area contributed by atoms with Crippen LogP contribution in [0.15, 0.2) is 18.5 Å². The number of anilines is 1. The van der Waals surface area contributed by atoms with Crippen molar-refractivity contribution in [2.75, 3.05) is 44.2 Å². The Morgan fingerprint density at radius 2 is 1.55 bits per heavy atom. The Morgan fingerprint density at radius 1 is 0.909 bits per heavy atom. The van der Waals surface area contributed by atoms with E-state index < -0.39 is 0 Å². The summed E-state index contributed by atoms with van der Waals surface area (Å²) in [7, 11) is 0. The van der Waals surface area contributed by atoms with Crippen LogP contribution in [0.5, 0.6) is 0 Å². The van der Waals surface area contributed by atoms with Crippen molar-refractivity contribution in [3.05, 3.63) is 18.5 Å². The summed E-state index contributed by atoms with van der Waals surface area (Å²) in [5.74, 6) is 0.752. The molecule has 7 nitrogen and oxygen atoms in total. The van der Waals surface area contributed by atoms with Gasteiger partial charge < -0.3 is 4.90 Å². The maximum Gasteiger partial charge on any atom is 0.229 e. The smallest absolute Gasteiger partial charge is 0.229 e. The van der Waals surface area contributed by atoms with E-state index in [1.54, 1.807) is 12.4 Å². The zero-order valence-electron chi connectivity index (χ0n) is 12.6. The molecule has 3 heterocycles. The molecule has 0 radical (unpaired) electrons. The number of hydrogen-bond donors (Lipinski definition) is 0. The predicted octanol–water partition coefficient (Wildman–Crippen LogP) is 0.138. The summed E-state index contributed by atoms with van der Waals surface area (Å²) in [5, 5.41) is 0. The van der Waals surface area contributed by atoms with Gasteiger partial charge >= 0.3 is 0 Å². The Kier molecular flexibility index (Phi) is 4.62. The van der Waals surface area contributed by atoms with Gasteiger partial charge in [0.15, 0.2) is 0 Å². The van der Waals surface area contributed by atoms with Crippen LogP contribution in [0, 0.1) is 0 Å². The van der Waals surface area contributed by atoms with Crippen molar-refractivity contribution in [3.63, 3.8) is 0 Å². The van der Waals surface area contributed by atoms with Crippen LogP contribution in [-0.2, 0) is 9.59 Å². The summed E-state index contributed by atoms with van der Waals surface area (Å²) < 4.78 is 0. The maximum absolute atomic E-state index is 11.5. The highest BCUT2D eigenvalue weighted by Crippen LogP contribution is 2.13. The third kappa shape index (κ3) is 3.41. The Morgan fingerprint density at radius 3 is 2.18 bits per heavy atom. The number of hydrogen-bond acceptors (Lipinski definition) is 6. The molecule has 0 aromatic carbocycles. The third-order valence-corrected chi connectivity index (χ3v) is 4.22. The van der Waals surface area contributed by atoms with Crippen LogP contribution in [0.2, 0.25) is 0 Å². The second-order valence-electron chi connectivity index (χ2n) is 5.67. The molecular weight excluding hydrogens is 282 g/mol. The van der Waals surface area contributed by atoms with Gasteiger partial charge in [0.25, 0.3) is 0 Å². The molecule has 2 amide bonds. The van der Waals surface area contributed by atoms with Crippen molar-refractivity contribution in [2.24, 2.45) is 0 Å². The van der Waals surface area contributed by atoms with E-state index >= 15 is 0 Å². The molecule has 0 unspecified atom stereocenters. The molecule has 0 bridgehead atoms. The van der Waals surface area contributed by atoms with Gasteiger partial charge in [-0.15, -0.1) is 0 Å². The van der Waals surface area contributed by atoms with Gasteiger partial charge in [-0.2, -0.15) is 0 Å². The lowest BCUT2D eigenvalue weighted by Gasteiger charge is -2.34. The largest absolute Gasteiger partial charge is 0.338 e. The number of carbonyl (C=O) groups is 2. The topological polar surface area (TPSA) is 69.6 Å². The quantitative estimate of drug-likeness (QED) is 0.721. The van der Waals surface area contributed by atoms with Gasteiger partial charge in [-0.3, -0.25) is 19.4 Å². The summed E-state index contributed by atoms with van der Waals surface area (Å²) in [6.07, 6.45) is 5.14. The summed E-state index contributed by atoms with van der Waals surface area (Å²) in [5.41, 5.74) is 0. The third-order valence-electron chi connectivity index (χ3n) is 4.22. The lowest BCUT2D eigenvalue weighted by molar-refractivity contribution is -0.138. The molecular formula is C15H21N5O2. The molecule has 2 aliphatic rings. The van der Waals surface area contributed by atoms with Gasteiger partial charge in [-0.05, 0) is 19.0 Å². The minimum Gasteiger partial charge on any atom is -0.338 e. The predicted molar refractivity (Wildman–Crippen MR) is 81.3 cm³/mol. The number of imide groups is 1. The number of piperazine rings is 1. The van der Waals surface area contributed by atoms with Gasteiger partial charge in [0, 0.05) is 58.0 Å². The number of amides is 2. The molecule has 7 heteroatoms. The van der Waals surface area contributed by atoms with Crippen molar-refractivity contribution in [1.29, 1.82) is 0 Å². The average Bonchev–Trinajstić information content (AvgIpc) is 2.88. The fraction of sp³-hybridized carbons (Fsp3) is 0.600. The number of likely N-dealkylation sites (tertiary alicyclic amines) is 1. The number of nitrogens with zero attached hydrogens (tertiary/aromatic N) is 5. The van der Waals surface area contributed by atoms with Crippen molar-refractivity contribution < 1.29 is 9.59 Å². The van der Waals surface area contributed by atoms with E-state index in [0.29, 0.717) is 19.4 Å². The standard InChI is InChI=1S/C15H21N5O2/c21-13-3-4-14(22)20(13)8-2-7-18-9-11-19(12-10-18)15-16-5-1-6-17-15/h1,5-6H,2-4,7-12H2. The van der Waals surface area contributed by atoms with E-state index in [2.05, 4.69) is 19.8 Å². The lowest BCUT2D eigenvalue weighted by Crippen LogP contribution is -2.47. The van der Waals surface area contributed by atoms with Crippen LogP contribution in [-0.4, -0.2) is 70.9 Å². The number of carbonyl (C=O) groups excluding carboxylic acids is 2. The molecule has 22 heavy (non-hydrogen) atoms. The minimum atomic E-state index is -0.0176. The van der Waals surface area contributed by atoms with Crippen molar-refractivity contribution in [1.82, 2.24) is 19.8 Å². The van der Waals surface area contributed by atoms with E-state index in [-0.39, 0.29) is 11.8 Å². The second-order valence-corrected chi connectivity index (χ2v) is 5.67. The monoisotopic (exact) mass is 303 g/mol. The molecule has 0 saturated carbocycles. The first-order chi connectivity index (χ1) is 10.7. The number of aromatic nitrogens is 2. The highest BCUT2D eigenvalue weighted by molar-refractivity contribution is 6.01. The second kappa shape index (κ2) is 6.83. The molecule has 0 spiro atoms. The highest BCUT2D eigenvalue weighted by Gasteiger charge is 2.28. The van der Waals surface area contributed by atoms with Crippen molar-refractivity contribution in [2.45, 2.75) is 19.3 Å². The average molecular weight is 303 g/mol. The zero-order valence-corrected chi connectivity index (χ0v) is 12.6. The fourth-order valence-electron chi connectivity index (χ4n) is 2.95. The molecule has 118 valence electrons. The van der Waals surface area contributed by atoms with Crippen LogP contribution in [0.1, 0.15) is 19.3 Å². The van der Waals surface area contributed by atoms with Crippen LogP contribution >= 0.6 is 0 Å². The first-order valence-electron chi connectivity index (χ1n) is 7.81. The van der Waals surface area contributed by atoms with Crippen LogP contribution in [0.25, 0.3) is 0 Å². The highest BCUT2D eigenvalue weighted by atomic mass is 16.2. The summed E-state index contributed by atoms with van der Waals surface area (Å²) in [6, 6.07) is 1.82. The molecule has 2 saturated heterocycles. The lowest BCUT2D eigenvalue weighted by atomic mass is 10.3. The molecule has 1 aromatic heterocycles. The minimum absolute atomic E-state index is 0.0176. The summed E-state index contributed by atoms with van der Waals surface area (Å²) >= 11 is 0. The fourth-order valence-corrected chi connectivity index (χ4v) is 2.95. The molecule has 0 aliphatic carbocycles. The zero-order chi connectivity index (χ0) is 15.4. The first-order valence-corrected chi connectivity index (χ1v) is 7.81. The molecule has 0 N–H and O–H groups in total. The molecule has 3 rings (SSSR count). The molecule has 2 aliphatic heterocycles. The van der Waals surface area contributed by atoms with E-state index in [1.807, 2.05) is 6.07 Å². The van der Waals surface area contributed by atoms with Crippen molar-refractivity contribution in [3.8, 4) is 0 Å². The molecule has 1 aromatic rings. The number of rotatable bonds is 5. The van der Waals surface area contributed by atoms with E-state index in [9.17, 15) is 9.59 Å². The Labute approximate surface area is 129 Å². The van der Waals surface area contributed by atoms with Gasteiger partial charge in [-0.1, -0.05) is 0 Å².